The Kier molecular flexibility index (Phi) is 11.8. The summed E-state index contributed by atoms with van der Waals surface area (Å²) < 4.78 is 82.0. The van der Waals surface area contributed by atoms with Crippen molar-refractivity contribution in [2.45, 2.75) is 153 Å². The number of rotatable bonds is 13. The zero-order chi connectivity index (χ0) is 33.0. The average Bonchev–Trinajstić information content (AvgIpc) is 3.57. The quantitative estimate of drug-likeness (QED) is 0.143. The minimum Gasteiger partial charge on any atom is -0.748 e. The van der Waals surface area contributed by atoms with Crippen molar-refractivity contribution in [1.29, 1.82) is 0 Å². The van der Waals surface area contributed by atoms with Crippen LogP contribution in [0.1, 0.15) is 128 Å². The summed E-state index contributed by atoms with van der Waals surface area (Å²) in [6, 6.07) is 0.470. The zero-order valence-corrected chi connectivity index (χ0v) is 29.8. The predicted molar refractivity (Wildman–Crippen MR) is 180 cm³/mol. The third kappa shape index (κ3) is 9.45. The van der Waals surface area contributed by atoms with Gasteiger partial charge in [-0.3, -0.25) is 4.55 Å². The fraction of sp³-hybridized carbons (Fsp3) is 0.914. The molecule has 0 spiro atoms. The van der Waals surface area contributed by atoms with Gasteiger partial charge in [0.15, 0.2) is 18.0 Å². The first-order valence-corrected chi connectivity index (χ1v) is 22.1. The van der Waals surface area contributed by atoms with Crippen LogP contribution in [-0.2, 0) is 29.7 Å². The van der Waals surface area contributed by atoms with E-state index in [9.17, 15) is 25.9 Å². The Morgan fingerprint density at radius 1 is 0.723 bits per heavy atom. The predicted octanol–water partition coefficient (Wildman–Crippen LogP) is 5.83. The van der Waals surface area contributed by atoms with E-state index in [1.165, 1.54) is 77.0 Å². The number of hydrogen-bond donors (Lipinski definition) is 1. The van der Waals surface area contributed by atoms with Crippen LogP contribution in [0.3, 0.4) is 0 Å². The molecule has 6 rings (SSSR count). The van der Waals surface area contributed by atoms with Gasteiger partial charge in [0.05, 0.1) is 21.9 Å². The molecule has 12 heteroatoms. The summed E-state index contributed by atoms with van der Waals surface area (Å²) in [4.78, 5) is 2.34. The molecule has 0 aromatic heterocycles. The first-order chi connectivity index (χ1) is 22.5. The maximum atomic E-state index is 11.4. The number of fused-ring (bicyclic) bond motifs is 2. The monoisotopic (exact) mass is 698 g/mol. The van der Waals surface area contributed by atoms with E-state index in [2.05, 4.69) is 15.6 Å². The maximum absolute atomic E-state index is 11.4. The van der Waals surface area contributed by atoms with Crippen LogP contribution < -0.4 is 0 Å². The normalized spacial score (nSPS) is 33.5. The van der Waals surface area contributed by atoms with Gasteiger partial charge < -0.3 is 18.9 Å². The van der Waals surface area contributed by atoms with Crippen LogP contribution in [0, 0.1) is 23.7 Å². The third-order valence-electron chi connectivity index (χ3n) is 12.5. The van der Waals surface area contributed by atoms with Gasteiger partial charge in [-0.1, -0.05) is 64.2 Å². The van der Waals surface area contributed by atoms with E-state index in [4.69, 9.17) is 9.47 Å². The number of hydrogen-bond acceptors (Lipinski definition) is 8. The smallest absolute Gasteiger partial charge is 0.368 e. The van der Waals surface area contributed by atoms with Crippen LogP contribution in [0.15, 0.2) is 12.0 Å². The van der Waals surface area contributed by atoms with Crippen molar-refractivity contribution in [2.75, 3.05) is 24.6 Å². The summed E-state index contributed by atoms with van der Waals surface area (Å²) in [7, 11) is -8.25. The van der Waals surface area contributed by atoms with Crippen molar-refractivity contribution >= 4 is 26.1 Å². The fourth-order valence-corrected chi connectivity index (χ4v) is 11.2. The molecule has 6 unspecified atom stereocenters. The Morgan fingerprint density at radius 2 is 1.34 bits per heavy atom. The highest BCUT2D eigenvalue weighted by atomic mass is 32.2. The lowest BCUT2D eigenvalue weighted by Gasteiger charge is -2.39. The summed E-state index contributed by atoms with van der Waals surface area (Å²) in [6.45, 7) is 1.29. The van der Waals surface area contributed by atoms with Gasteiger partial charge >= 0.3 is 5.90 Å². The van der Waals surface area contributed by atoms with E-state index in [-0.39, 0.29) is 35.8 Å². The van der Waals surface area contributed by atoms with E-state index in [1.54, 1.807) is 0 Å². The van der Waals surface area contributed by atoms with Crippen molar-refractivity contribution < 1.29 is 40.0 Å². The Labute approximate surface area is 283 Å². The molecule has 10 nitrogen and oxygen atoms in total. The standard InChI is InChI=1S/C35H58N2O8S2/c38-46(39,40)21-9-7-19-36-30-23-28(26-11-3-1-4-12-26)15-17-32(30)44-34(36)25-35-37(20-8-10-22-47(41,42)43)31-24-29(16-18-33(31)45-35)27-13-5-2-6-14-27/h25-33H,1-24H2,(H-,38,39,40,41,42,43). The molecule has 0 radical (unpaired) electrons. The highest BCUT2D eigenvalue weighted by molar-refractivity contribution is 7.85. The Bertz CT molecular complexity index is 1340. The van der Waals surface area contributed by atoms with Crippen LogP contribution in [0.4, 0.5) is 0 Å². The Hall–Kier alpha value is -1.37. The van der Waals surface area contributed by atoms with Gasteiger partial charge in [0, 0.05) is 25.1 Å². The van der Waals surface area contributed by atoms with Crippen molar-refractivity contribution in [1.82, 2.24) is 4.90 Å². The van der Waals surface area contributed by atoms with E-state index in [1.807, 2.05) is 0 Å². The van der Waals surface area contributed by atoms with Gasteiger partial charge in [-0.25, -0.2) is 8.42 Å². The highest BCUT2D eigenvalue weighted by Gasteiger charge is 2.50. The molecule has 0 bridgehead atoms. The van der Waals surface area contributed by atoms with E-state index < -0.39 is 20.2 Å². The average molecular weight is 699 g/mol. The molecule has 1 saturated heterocycles. The molecule has 5 fully saturated rings. The van der Waals surface area contributed by atoms with Gasteiger partial charge in [-0.05, 0) is 75.0 Å². The summed E-state index contributed by atoms with van der Waals surface area (Å²) in [6.07, 6.45) is 24.0. The molecule has 4 saturated carbocycles. The molecular formula is C35H58N2O8S2. The van der Waals surface area contributed by atoms with Crippen LogP contribution >= 0.6 is 0 Å². The number of nitrogens with zero attached hydrogens (tertiary/aromatic N) is 2. The molecular weight excluding hydrogens is 641 g/mol. The molecule has 0 aromatic carbocycles. The molecule has 1 N–H and O–H groups in total. The second-order valence-electron chi connectivity index (χ2n) is 15.6. The first-order valence-electron chi connectivity index (χ1n) is 18.9. The van der Waals surface area contributed by atoms with Crippen molar-refractivity contribution in [3.05, 3.63) is 12.0 Å². The number of unbranched alkanes of at least 4 members (excludes halogenated alkanes) is 2. The van der Waals surface area contributed by atoms with Gasteiger partial charge in [0.1, 0.15) is 18.7 Å². The van der Waals surface area contributed by atoms with Crippen molar-refractivity contribution in [3.8, 4) is 0 Å². The summed E-state index contributed by atoms with van der Waals surface area (Å²) in [5.74, 6) is 3.91. The fourth-order valence-electron chi connectivity index (χ4n) is 10.1. The summed E-state index contributed by atoms with van der Waals surface area (Å²) >= 11 is 0. The van der Waals surface area contributed by atoms with E-state index >= 15 is 0 Å². The second kappa shape index (κ2) is 15.7. The molecule has 47 heavy (non-hydrogen) atoms. The van der Waals surface area contributed by atoms with Crippen LogP contribution in [0.5, 0.6) is 0 Å². The first kappa shape index (κ1) is 35.5. The minimum atomic E-state index is -4.25. The largest absolute Gasteiger partial charge is 0.748 e. The molecule has 6 atom stereocenters. The van der Waals surface area contributed by atoms with E-state index in [0.717, 1.165) is 49.3 Å². The van der Waals surface area contributed by atoms with Crippen LogP contribution in [0.25, 0.3) is 0 Å². The number of ether oxygens (including phenoxy) is 2. The van der Waals surface area contributed by atoms with Gasteiger partial charge in [0.2, 0.25) is 0 Å². The highest BCUT2D eigenvalue weighted by Crippen LogP contribution is 2.45. The van der Waals surface area contributed by atoms with Gasteiger partial charge in [-0.15, -0.1) is 0 Å². The minimum absolute atomic E-state index is 0.0903. The molecule has 268 valence electrons. The Balaban J connectivity index is 1.23. The lowest BCUT2D eigenvalue weighted by atomic mass is 9.71. The maximum Gasteiger partial charge on any atom is 0.368 e. The van der Waals surface area contributed by atoms with Crippen LogP contribution in [0.2, 0.25) is 0 Å². The van der Waals surface area contributed by atoms with Crippen LogP contribution in [-0.4, -0.2) is 90.2 Å². The molecule has 6 aliphatic rings. The molecule has 0 aromatic rings. The summed E-state index contributed by atoms with van der Waals surface area (Å²) in [5, 5.41) is 0. The van der Waals surface area contributed by atoms with Gasteiger partial charge in [0.25, 0.3) is 10.1 Å². The molecule has 4 aliphatic carbocycles. The van der Waals surface area contributed by atoms with E-state index in [0.29, 0.717) is 50.6 Å². The van der Waals surface area contributed by atoms with Gasteiger partial charge in [-0.2, -0.15) is 13.0 Å². The lowest BCUT2D eigenvalue weighted by molar-refractivity contribution is -0.564. The van der Waals surface area contributed by atoms with Crippen molar-refractivity contribution in [2.24, 2.45) is 23.7 Å². The third-order valence-corrected chi connectivity index (χ3v) is 14.1. The second-order valence-corrected chi connectivity index (χ2v) is 18.7. The lowest BCUT2D eigenvalue weighted by Crippen LogP contribution is -2.42. The molecule has 0 amide bonds. The molecule has 2 aliphatic heterocycles. The zero-order valence-electron chi connectivity index (χ0n) is 28.2. The summed E-state index contributed by atoms with van der Waals surface area (Å²) in [5.41, 5.74) is 0. The topological polar surface area (TPSA) is 136 Å². The Morgan fingerprint density at radius 3 is 1.98 bits per heavy atom. The molecule has 2 heterocycles. The van der Waals surface area contributed by atoms with Crippen molar-refractivity contribution in [3.63, 3.8) is 0 Å². The SMILES string of the molecule is O=S(=O)([O-])CCCCN1C(=CC2=[N+](CCCCS(=O)(=O)O)C3CC(C4CCCCC4)CCC3O2)OC2CCC(C3CCCCC3)CC21.